The Labute approximate surface area is 126 Å². The van der Waals surface area contributed by atoms with Gasteiger partial charge in [-0.2, -0.15) is 12.7 Å². The van der Waals surface area contributed by atoms with E-state index in [0.29, 0.717) is 24.3 Å². The predicted molar refractivity (Wildman–Crippen MR) is 83.6 cm³/mol. The highest BCUT2D eigenvalue weighted by molar-refractivity contribution is 7.90. The number of hydrogen-bond donors (Lipinski definition) is 2. The third kappa shape index (κ3) is 5.62. The molecule has 0 bridgehead atoms. The molecule has 0 aliphatic carbocycles. The summed E-state index contributed by atoms with van der Waals surface area (Å²) < 4.78 is 52.8. The number of benzene rings is 1. The molecule has 120 valence electrons. The zero-order chi connectivity index (χ0) is 16.1. The molecule has 0 heterocycles. The first kappa shape index (κ1) is 17.9. The highest BCUT2D eigenvalue weighted by Crippen LogP contribution is 2.18. The second-order valence-corrected chi connectivity index (χ2v) is 7.95. The maximum Gasteiger partial charge on any atom is 0.301 e. The molecule has 0 fully saturated rings. The van der Waals surface area contributed by atoms with Gasteiger partial charge in [-0.1, -0.05) is 32.0 Å². The Morgan fingerprint density at radius 1 is 1.05 bits per heavy atom. The van der Waals surface area contributed by atoms with Crippen LogP contribution in [-0.2, 0) is 26.8 Å². The third-order valence-electron chi connectivity index (χ3n) is 2.83. The van der Waals surface area contributed by atoms with E-state index in [0.717, 1.165) is 6.26 Å². The summed E-state index contributed by atoms with van der Waals surface area (Å²) >= 11 is 0. The fourth-order valence-corrected chi connectivity index (χ4v) is 3.45. The van der Waals surface area contributed by atoms with Crippen molar-refractivity contribution in [3.63, 3.8) is 0 Å². The number of sulfonamides is 1. The van der Waals surface area contributed by atoms with Gasteiger partial charge in [0.25, 0.3) is 0 Å². The van der Waals surface area contributed by atoms with Gasteiger partial charge >= 0.3 is 10.2 Å². The van der Waals surface area contributed by atoms with Crippen LogP contribution in [0.25, 0.3) is 0 Å². The number of nitrogens with zero attached hydrogens (tertiary/aromatic N) is 1. The molecule has 21 heavy (non-hydrogen) atoms. The van der Waals surface area contributed by atoms with Crippen molar-refractivity contribution in [3.8, 4) is 0 Å². The second-order valence-electron chi connectivity index (χ2n) is 4.44. The van der Waals surface area contributed by atoms with Crippen LogP contribution >= 0.6 is 0 Å². The molecule has 0 aromatic heterocycles. The third-order valence-corrected chi connectivity index (χ3v) is 5.17. The molecular weight excluding hydrogens is 314 g/mol. The predicted octanol–water partition coefficient (Wildman–Crippen LogP) is 0.734. The van der Waals surface area contributed by atoms with Crippen molar-refractivity contribution in [2.75, 3.05) is 24.1 Å². The second kappa shape index (κ2) is 7.21. The maximum atomic E-state index is 12.2. The first-order chi connectivity index (χ1) is 9.69. The van der Waals surface area contributed by atoms with Crippen LogP contribution < -0.4 is 9.44 Å². The summed E-state index contributed by atoms with van der Waals surface area (Å²) in [5, 5.41) is 0. The zero-order valence-corrected chi connectivity index (χ0v) is 14.0. The summed E-state index contributed by atoms with van der Waals surface area (Å²) in [7, 11) is -6.99. The van der Waals surface area contributed by atoms with Gasteiger partial charge in [0.05, 0.1) is 11.9 Å². The van der Waals surface area contributed by atoms with E-state index in [-0.39, 0.29) is 6.54 Å². The molecule has 0 spiro atoms. The van der Waals surface area contributed by atoms with Crippen molar-refractivity contribution in [1.82, 2.24) is 9.03 Å². The standard InChI is InChI=1S/C12H21N3O4S2/c1-4-15(5-2)21(18,19)14-12-9-7-6-8-11(12)10-13-20(3,16)17/h6-9,13-14H,4-5,10H2,1-3H3. The van der Waals surface area contributed by atoms with E-state index in [2.05, 4.69) is 9.44 Å². The van der Waals surface area contributed by atoms with E-state index in [1.54, 1.807) is 38.1 Å². The van der Waals surface area contributed by atoms with Crippen LogP contribution in [-0.4, -0.2) is 40.5 Å². The van der Waals surface area contributed by atoms with E-state index in [1.165, 1.54) is 4.31 Å². The van der Waals surface area contributed by atoms with Gasteiger partial charge in [0.15, 0.2) is 0 Å². The monoisotopic (exact) mass is 335 g/mol. The van der Waals surface area contributed by atoms with E-state index in [9.17, 15) is 16.8 Å². The van der Waals surface area contributed by atoms with E-state index < -0.39 is 20.2 Å². The molecule has 0 saturated heterocycles. The summed E-state index contributed by atoms with van der Waals surface area (Å²) in [5.41, 5.74) is 0.916. The smallest absolute Gasteiger partial charge is 0.271 e. The Morgan fingerprint density at radius 3 is 2.14 bits per heavy atom. The number of nitrogens with one attached hydrogen (secondary N) is 2. The molecule has 0 aliphatic rings. The van der Waals surface area contributed by atoms with Crippen LogP contribution in [0.2, 0.25) is 0 Å². The number of para-hydroxylation sites is 1. The van der Waals surface area contributed by atoms with Crippen molar-refractivity contribution in [3.05, 3.63) is 29.8 Å². The van der Waals surface area contributed by atoms with Crippen LogP contribution in [0.15, 0.2) is 24.3 Å². The van der Waals surface area contributed by atoms with Gasteiger partial charge in [-0.15, -0.1) is 0 Å². The minimum Gasteiger partial charge on any atom is -0.271 e. The number of anilines is 1. The number of rotatable bonds is 8. The van der Waals surface area contributed by atoms with Crippen molar-refractivity contribution in [2.24, 2.45) is 0 Å². The lowest BCUT2D eigenvalue weighted by atomic mass is 10.2. The van der Waals surface area contributed by atoms with E-state index in [4.69, 9.17) is 0 Å². The van der Waals surface area contributed by atoms with Crippen LogP contribution in [0.5, 0.6) is 0 Å². The Balaban J connectivity index is 2.99. The van der Waals surface area contributed by atoms with Crippen LogP contribution in [0.4, 0.5) is 5.69 Å². The molecular formula is C12H21N3O4S2. The molecule has 1 rings (SSSR count). The molecule has 0 atom stereocenters. The van der Waals surface area contributed by atoms with Crippen molar-refractivity contribution in [1.29, 1.82) is 0 Å². The first-order valence-corrected chi connectivity index (χ1v) is 9.83. The topological polar surface area (TPSA) is 95.6 Å². The molecule has 0 saturated carbocycles. The van der Waals surface area contributed by atoms with Gasteiger partial charge in [0, 0.05) is 19.6 Å². The van der Waals surface area contributed by atoms with Crippen LogP contribution in [0, 0.1) is 0 Å². The highest BCUT2D eigenvalue weighted by Gasteiger charge is 2.19. The average molecular weight is 335 g/mol. The van der Waals surface area contributed by atoms with Crippen molar-refractivity contribution >= 4 is 25.9 Å². The van der Waals surface area contributed by atoms with E-state index in [1.807, 2.05) is 0 Å². The minimum atomic E-state index is -3.65. The lowest BCUT2D eigenvalue weighted by Gasteiger charge is -2.20. The SMILES string of the molecule is CCN(CC)S(=O)(=O)Nc1ccccc1CNS(C)(=O)=O. The summed E-state index contributed by atoms with van der Waals surface area (Å²) in [5.74, 6) is 0. The largest absolute Gasteiger partial charge is 0.301 e. The van der Waals surface area contributed by atoms with Crippen LogP contribution in [0.3, 0.4) is 0 Å². The molecule has 0 radical (unpaired) electrons. The highest BCUT2D eigenvalue weighted by atomic mass is 32.2. The zero-order valence-electron chi connectivity index (χ0n) is 12.3. The maximum absolute atomic E-state index is 12.2. The summed E-state index contributed by atoms with van der Waals surface area (Å²) in [6.07, 6.45) is 1.05. The fourth-order valence-electron chi connectivity index (χ4n) is 1.75. The molecule has 9 heteroatoms. The molecule has 0 unspecified atom stereocenters. The average Bonchev–Trinajstić information content (AvgIpc) is 2.37. The Kier molecular flexibility index (Phi) is 6.14. The summed E-state index contributed by atoms with van der Waals surface area (Å²) in [4.78, 5) is 0. The molecule has 2 N–H and O–H groups in total. The molecule has 1 aromatic rings. The Morgan fingerprint density at radius 2 is 1.62 bits per heavy atom. The van der Waals surface area contributed by atoms with Crippen molar-refractivity contribution in [2.45, 2.75) is 20.4 Å². The number of hydrogen-bond acceptors (Lipinski definition) is 4. The Bertz CT molecular complexity index is 667. The van der Waals surface area contributed by atoms with Crippen LogP contribution in [0.1, 0.15) is 19.4 Å². The first-order valence-electron chi connectivity index (χ1n) is 6.50. The van der Waals surface area contributed by atoms with Gasteiger partial charge in [0.1, 0.15) is 0 Å². The lowest BCUT2D eigenvalue weighted by molar-refractivity contribution is 0.449. The van der Waals surface area contributed by atoms with Crippen molar-refractivity contribution < 1.29 is 16.8 Å². The van der Waals surface area contributed by atoms with Gasteiger partial charge in [0.2, 0.25) is 10.0 Å². The molecule has 0 amide bonds. The lowest BCUT2D eigenvalue weighted by Crippen LogP contribution is -2.36. The Hall–Kier alpha value is -1.16. The van der Waals surface area contributed by atoms with E-state index >= 15 is 0 Å². The normalized spacial score (nSPS) is 12.6. The minimum absolute atomic E-state index is 0.0236. The summed E-state index contributed by atoms with van der Waals surface area (Å²) in [6.45, 7) is 4.24. The van der Waals surface area contributed by atoms with Gasteiger partial charge in [-0.25, -0.2) is 13.1 Å². The molecule has 0 aliphatic heterocycles. The quantitative estimate of drug-likeness (QED) is 0.732. The van der Waals surface area contributed by atoms with Gasteiger partial charge in [-0.05, 0) is 11.6 Å². The van der Waals surface area contributed by atoms with Gasteiger partial charge in [-0.3, -0.25) is 4.72 Å². The fraction of sp³-hybridized carbons (Fsp3) is 0.500. The molecule has 7 nitrogen and oxygen atoms in total. The molecule has 1 aromatic carbocycles. The summed E-state index contributed by atoms with van der Waals surface area (Å²) in [6, 6.07) is 6.66. The van der Waals surface area contributed by atoms with Gasteiger partial charge < -0.3 is 0 Å².